The van der Waals surface area contributed by atoms with E-state index in [0.717, 1.165) is 23.6 Å². The lowest BCUT2D eigenvalue weighted by molar-refractivity contribution is -0.122. The number of phenols is 1. The van der Waals surface area contributed by atoms with Crippen LogP contribution in [0.2, 0.25) is 0 Å². The van der Waals surface area contributed by atoms with Crippen molar-refractivity contribution in [3.8, 4) is 5.75 Å². The first kappa shape index (κ1) is 12.3. The second kappa shape index (κ2) is 5.93. The van der Waals surface area contributed by atoms with Gasteiger partial charge >= 0.3 is 0 Å². The Morgan fingerprint density at radius 2 is 2.35 bits per heavy atom. The van der Waals surface area contributed by atoms with E-state index in [4.69, 9.17) is 0 Å². The first-order valence-electron chi connectivity index (χ1n) is 5.63. The van der Waals surface area contributed by atoms with Gasteiger partial charge in [-0.2, -0.15) is 11.8 Å². The summed E-state index contributed by atoms with van der Waals surface area (Å²) in [6.07, 6.45) is 0. The molecule has 5 heteroatoms. The Morgan fingerprint density at radius 1 is 1.53 bits per heavy atom. The summed E-state index contributed by atoms with van der Waals surface area (Å²) >= 11 is 1.78. The predicted octanol–water partition coefficient (Wildman–Crippen LogP) is 0.713. The Bertz CT molecular complexity index is 392. The van der Waals surface area contributed by atoms with E-state index in [-0.39, 0.29) is 17.7 Å². The molecule has 1 unspecified atom stereocenters. The second-order valence-corrected chi connectivity index (χ2v) is 5.08. The molecule has 1 amide bonds. The predicted molar refractivity (Wildman–Crippen MR) is 69.1 cm³/mol. The van der Waals surface area contributed by atoms with Gasteiger partial charge in [-0.25, -0.2) is 0 Å². The lowest BCUT2D eigenvalue weighted by Crippen LogP contribution is -2.48. The van der Waals surface area contributed by atoms with Crippen LogP contribution in [0.15, 0.2) is 24.3 Å². The van der Waals surface area contributed by atoms with Crippen LogP contribution in [-0.4, -0.2) is 35.1 Å². The number of benzene rings is 1. The highest BCUT2D eigenvalue weighted by Gasteiger charge is 2.20. The van der Waals surface area contributed by atoms with Gasteiger partial charge in [0, 0.05) is 30.2 Å². The molecule has 0 spiro atoms. The Morgan fingerprint density at radius 3 is 3.06 bits per heavy atom. The first-order chi connectivity index (χ1) is 8.27. The lowest BCUT2D eigenvalue weighted by atomic mass is 10.2. The third-order valence-corrected chi connectivity index (χ3v) is 3.74. The molecule has 0 bridgehead atoms. The number of nitrogens with one attached hydrogen (secondary N) is 2. The SMILES string of the molecule is O=C(NCc1ccccc1O)C1CSCCN1. The monoisotopic (exact) mass is 252 g/mol. The molecule has 0 aliphatic carbocycles. The summed E-state index contributed by atoms with van der Waals surface area (Å²) in [5.74, 6) is 2.09. The topological polar surface area (TPSA) is 61.4 Å². The summed E-state index contributed by atoms with van der Waals surface area (Å²) < 4.78 is 0. The molecule has 1 aromatic carbocycles. The van der Waals surface area contributed by atoms with E-state index < -0.39 is 0 Å². The van der Waals surface area contributed by atoms with Crippen molar-refractivity contribution < 1.29 is 9.90 Å². The normalized spacial score (nSPS) is 19.9. The molecule has 0 radical (unpaired) electrons. The molecule has 0 aromatic heterocycles. The minimum absolute atomic E-state index is 0.000420. The molecule has 1 aliphatic rings. The van der Waals surface area contributed by atoms with E-state index in [0.29, 0.717) is 6.54 Å². The van der Waals surface area contributed by atoms with Crippen molar-refractivity contribution >= 4 is 17.7 Å². The molecule has 2 rings (SSSR count). The molecule has 92 valence electrons. The van der Waals surface area contributed by atoms with E-state index in [1.54, 1.807) is 30.0 Å². The Labute approximate surface area is 105 Å². The van der Waals surface area contributed by atoms with E-state index in [1.165, 1.54) is 0 Å². The van der Waals surface area contributed by atoms with Crippen LogP contribution < -0.4 is 10.6 Å². The number of aromatic hydroxyl groups is 1. The van der Waals surface area contributed by atoms with Crippen LogP contribution in [0.25, 0.3) is 0 Å². The number of para-hydroxylation sites is 1. The maximum absolute atomic E-state index is 11.8. The molecule has 3 N–H and O–H groups in total. The zero-order valence-electron chi connectivity index (χ0n) is 9.48. The van der Waals surface area contributed by atoms with Gasteiger partial charge in [-0.3, -0.25) is 4.79 Å². The number of carbonyl (C=O) groups excluding carboxylic acids is 1. The number of phenolic OH excluding ortho intramolecular Hbond substituents is 1. The highest BCUT2D eigenvalue weighted by molar-refractivity contribution is 7.99. The van der Waals surface area contributed by atoms with Crippen molar-refractivity contribution in [1.82, 2.24) is 10.6 Å². The number of carbonyl (C=O) groups is 1. The van der Waals surface area contributed by atoms with Crippen molar-refractivity contribution in [2.75, 3.05) is 18.1 Å². The Kier molecular flexibility index (Phi) is 4.28. The smallest absolute Gasteiger partial charge is 0.238 e. The molecule has 1 saturated heterocycles. The third-order valence-electron chi connectivity index (χ3n) is 2.68. The quantitative estimate of drug-likeness (QED) is 0.741. The summed E-state index contributed by atoms with van der Waals surface area (Å²) in [4.78, 5) is 11.8. The van der Waals surface area contributed by atoms with Gasteiger partial charge in [0.15, 0.2) is 0 Å². The van der Waals surface area contributed by atoms with Gasteiger partial charge in [-0.05, 0) is 6.07 Å². The summed E-state index contributed by atoms with van der Waals surface area (Å²) in [5, 5.41) is 15.6. The molecule has 1 fully saturated rings. The number of thioether (sulfide) groups is 1. The maximum atomic E-state index is 11.8. The van der Waals surface area contributed by atoms with E-state index in [1.807, 2.05) is 6.07 Å². The van der Waals surface area contributed by atoms with E-state index >= 15 is 0 Å². The van der Waals surface area contributed by atoms with Gasteiger partial charge in [-0.15, -0.1) is 0 Å². The van der Waals surface area contributed by atoms with Gasteiger partial charge in [0.05, 0.1) is 6.04 Å². The van der Waals surface area contributed by atoms with Crippen molar-refractivity contribution in [2.24, 2.45) is 0 Å². The lowest BCUT2D eigenvalue weighted by Gasteiger charge is -2.22. The zero-order valence-corrected chi connectivity index (χ0v) is 10.3. The van der Waals surface area contributed by atoms with Crippen molar-refractivity contribution in [2.45, 2.75) is 12.6 Å². The van der Waals surface area contributed by atoms with Crippen molar-refractivity contribution in [3.63, 3.8) is 0 Å². The zero-order chi connectivity index (χ0) is 12.1. The third kappa shape index (κ3) is 3.38. The molecule has 1 heterocycles. The summed E-state index contributed by atoms with van der Waals surface area (Å²) in [6.45, 7) is 1.24. The molecular formula is C12H16N2O2S. The van der Waals surface area contributed by atoms with Crippen LogP contribution >= 0.6 is 11.8 Å². The number of rotatable bonds is 3. The van der Waals surface area contributed by atoms with Crippen LogP contribution in [0.1, 0.15) is 5.56 Å². The minimum Gasteiger partial charge on any atom is -0.508 e. The van der Waals surface area contributed by atoms with Crippen LogP contribution in [0.5, 0.6) is 5.75 Å². The summed E-state index contributed by atoms with van der Waals surface area (Å²) in [7, 11) is 0. The van der Waals surface area contributed by atoms with Crippen LogP contribution in [-0.2, 0) is 11.3 Å². The molecule has 17 heavy (non-hydrogen) atoms. The van der Waals surface area contributed by atoms with Crippen LogP contribution in [0, 0.1) is 0 Å². The van der Waals surface area contributed by atoms with Crippen LogP contribution in [0.4, 0.5) is 0 Å². The second-order valence-electron chi connectivity index (χ2n) is 3.93. The summed E-state index contributed by atoms with van der Waals surface area (Å²) in [6, 6.07) is 6.92. The molecule has 1 atom stereocenters. The largest absolute Gasteiger partial charge is 0.508 e. The number of amides is 1. The minimum atomic E-state index is -0.111. The highest BCUT2D eigenvalue weighted by Crippen LogP contribution is 2.15. The number of hydrogen-bond acceptors (Lipinski definition) is 4. The van der Waals surface area contributed by atoms with E-state index in [2.05, 4.69) is 10.6 Å². The van der Waals surface area contributed by atoms with Gasteiger partial charge in [0.25, 0.3) is 0 Å². The van der Waals surface area contributed by atoms with Gasteiger partial charge in [0.2, 0.25) is 5.91 Å². The van der Waals surface area contributed by atoms with Gasteiger partial charge in [-0.1, -0.05) is 18.2 Å². The number of hydrogen-bond donors (Lipinski definition) is 3. The first-order valence-corrected chi connectivity index (χ1v) is 6.78. The Balaban J connectivity index is 1.85. The molecule has 0 saturated carbocycles. The van der Waals surface area contributed by atoms with E-state index in [9.17, 15) is 9.90 Å². The standard InChI is InChI=1S/C12H16N2O2S/c15-11-4-2-1-3-9(11)7-14-12(16)10-8-17-6-5-13-10/h1-4,10,13,15H,5-8H2,(H,14,16). The fourth-order valence-corrected chi connectivity index (χ4v) is 2.63. The maximum Gasteiger partial charge on any atom is 0.238 e. The fraction of sp³-hybridized carbons (Fsp3) is 0.417. The highest BCUT2D eigenvalue weighted by atomic mass is 32.2. The van der Waals surface area contributed by atoms with Crippen molar-refractivity contribution in [1.29, 1.82) is 0 Å². The average Bonchev–Trinajstić information content (AvgIpc) is 2.38. The molecular weight excluding hydrogens is 236 g/mol. The molecule has 1 aliphatic heterocycles. The van der Waals surface area contributed by atoms with Crippen molar-refractivity contribution in [3.05, 3.63) is 29.8 Å². The Hall–Kier alpha value is -1.20. The molecule has 4 nitrogen and oxygen atoms in total. The average molecular weight is 252 g/mol. The molecule has 1 aromatic rings. The van der Waals surface area contributed by atoms with Gasteiger partial charge < -0.3 is 15.7 Å². The fourth-order valence-electron chi connectivity index (χ4n) is 1.70. The van der Waals surface area contributed by atoms with Gasteiger partial charge in [0.1, 0.15) is 5.75 Å². The summed E-state index contributed by atoms with van der Waals surface area (Å²) in [5.41, 5.74) is 0.740. The van der Waals surface area contributed by atoms with Crippen LogP contribution in [0.3, 0.4) is 0 Å².